The molecule has 0 fully saturated rings. The van der Waals surface area contributed by atoms with Gasteiger partial charge in [0.15, 0.2) is 0 Å². The van der Waals surface area contributed by atoms with Gasteiger partial charge in [0.25, 0.3) is 17.7 Å². The van der Waals surface area contributed by atoms with E-state index < -0.39 is 11.8 Å². The second-order valence-corrected chi connectivity index (χ2v) is 5.07. The molecular formula is C17H13N3O3. The highest BCUT2D eigenvalue weighted by molar-refractivity contribution is 6.28. The molecule has 1 aliphatic heterocycles. The highest BCUT2D eigenvalue weighted by atomic mass is 16.2. The number of carbonyl (C=O) groups excluding carboxylic acids is 3. The number of nitrogens with one attached hydrogen (secondary N) is 1. The summed E-state index contributed by atoms with van der Waals surface area (Å²) < 4.78 is 0. The fourth-order valence-corrected chi connectivity index (χ4v) is 2.15. The van der Waals surface area contributed by atoms with Crippen LogP contribution in [0.4, 0.5) is 11.5 Å². The summed E-state index contributed by atoms with van der Waals surface area (Å²) in [5, 5.41) is 2.68. The van der Waals surface area contributed by atoms with Crippen molar-refractivity contribution in [1.29, 1.82) is 0 Å². The van der Waals surface area contributed by atoms with E-state index in [9.17, 15) is 14.4 Å². The van der Waals surface area contributed by atoms with Gasteiger partial charge in [0.05, 0.1) is 5.69 Å². The van der Waals surface area contributed by atoms with E-state index in [0.29, 0.717) is 17.1 Å². The van der Waals surface area contributed by atoms with Gasteiger partial charge in [-0.15, -0.1) is 0 Å². The van der Waals surface area contributed by atoms with Crippen molar-refractivity contribution in [1.82, 2.24) is 4.98 Å². The maximum Gasteiger partial charge on any atom is 0.258 e. The third kappa shape index (κ3) is 3.01. The molecule has 0 saturated carbocycles. The number of amides is 3. The van der Waals surface area contributed by atoms with E-state index in [1.807, 2.05) is 13.0 Å². The lowest BCUT2D eigenvalue weighted by Crippen LogP contribution is -2.29. The molecule has 1 aliphatic rings. The standard InChI is InChI=1S/C17H13N3O3/c1-11-2-7-14(18-10-11)19-17(23)12-3-5-13(6-4-12)20-15(21)8-9-16(20)22/h2-10H,1H3,(H,18,19,23). The molecule has 6 nitrogen and oxygen atoms in total. The van der Waals surface area contributed by atoms with Gasteiger partial charge in [-0.1, -0.05) is 6.07 Å². The van der Waals surface area contributed by atoms with Crippen LogP contribution in [0.2, 0.25) is 0 Å². The number of anilines is 2. The Kier molecular flexibility index (Phi) is 3.72. The van der Waals surface area contributed by atoms with Crippen LogP contribution in [0.15, 0.2) is 54.7 Å². The summed E-state index contributed by atoms with van der Waals surface area (Å²) in [6.45, 7) is 1.91. The molecule has 23 heavy (non-hydrogen) atoms. The van der Waals surface area contributed by atoms with Crippen molar-refractivity contribution < 1.29 is 14.4 Å². The molecule has 3 amide bonds. The van der Waals surface area contributed by atoms with Crippen LogP contribution in [0.5, 0.6) is 0 Å². The quantitative estimate of drug-likeness (QED) is 0.880. The number of hydrogen-bond donors (Lipinski definition) is 1. The lowest BCUT2D eigenvalue weighted by atomic mass is 10.2. The molecule has 0 unspecified atom stereocenters. The van der Waals surface area contributed by atoms with Crippen molar-refractivity contribution in [2.75, 3.05) is 10.2 Å². The van der Waals surface area contributed by atoms with Crippen LogP contribution in [0.3, 0.4) is 0 Å². The van der Waals surface area contributed by atoms with E-state index in [2.05, 4.69) is 10.3 Å². The van der Waals surface area contributed by atoms with Crippen LogP contribution >= 0.6 is 0 Å². The fourth-order valence-electron chi connectivity index (χ4n) is 2.15. The molecule has 0 radical (unpaired) electrons. The highest BCUT2D eigenvalue weighted by Gasteiger charge is 2.25. The van der Waals surface area contributed by atoms with Gasteiger partial charge in [-0.05, 0) is 42.8 Å². The summed E-state index contributed by atoms with van der Waals surface area (Å²) in [4.78, 5) is 40.5. The summed E-state index contributed by atoms with van der Waals surface area (Å²) >= 11 is 0. The maximum absolute atomic E-state index is 12.1. The van der Waals surface area contributed by atoms with E-state index in [4.69, 9.17) is 0 Å². The zero-order chi connectivity index (χ0) is 16.4. The minimum atomic E-state index is -0.393. The van der Waals surface area contributed by atoms with Crippen LogP contribution < -0.4 is 10.2 Å². The molecule has 3 rings (SSSR count). The van der Waals surface area contributed by atoms with Crippen LogP contribution in [-0.2, 0) is 9.59 Å². The highest BCUT2D eigenvalue weighted by Crippen LogP contribution is 2.20. The van der Waals surface area contributed by atoms with Crippen LogP contribution in [0, 0.1) is 6.92 Å². The normalized spacial score (nSPS) is 13.5. The number of carbonyl (C=O) groups is 3. The Labute approximate surface area is 132 Å². The Morgan fingerprint density at radius 1 is 1.00 bits per heavy atom. The first-order valence-corrected chi connectivity index (χ1v) is 6.95. The van der Waals surface area contributed by atoms with Gasteiger partial charge < -0.3 is 5.32 Å². The monoisotopic (exact) mass is 307 g/mol. The van der Waals surface area contributed by atoms with Crippen molar-refractivity contribution >= 4 is 29.2 Å². The molecule has 114 valence electrons. The van der Waals surface area contributed by atoms with Crippen molar-refractivity contribution in [3.63, 3.8) is 0 Å². The van der Waals surface area contributed by atoms with Gasteiger partial charge >= 0.3 is 0 Å². The molecular weight excluding hydrogens is 294 g/mol. The van der Waals surface area contributed by atoms with Crippen molar-refractivity contribution in [2.45, 2.75) is 6.92 Å². The van der Waals surface area contributed by atoms with Gasteiger partial charge in [-0.25, -0.2) is 9.88 Å². The van der Waals surface area contributed by atoms with E-state index in [1.165, 1.54) is 12.2 Å². The van der Waals surface area contributed by atoms with Gasteiger partial charge in [-0.2, -0.15) is 0 Å². The number of imide groups is 1. The Morgan fingerprint density at radius 2 is 1.65 bits per heavy atom. The number of hydrogen-bond acceptors (Lipinski definition) is 4. The maximum atomic E-state index is 12.1. The molecule has 1 N–H and O–H groups in total. The SMILES string of the molecule is Cc1ccc(NC(=O)c2ccc(N3C(=O)C=CC3=O)cc2)nc1. The number of nitrogens with zero attached hydrogens (tertiary/aromatic N) is 2. The Balaban J connectivity index is 1.74. The topological polar surface area (TPSA) is 79.4 Å². The van der Waals surface area contributed by atoms with E-state index in [-0.39, 0.29) is 5.91 Å². The van der Waals surface area contributed by atoms with Crippen LogP contribution in [0.25, 0.3) is 0 Å². The number of pyridine rings is 1. The minimum Gasteiger partial charge on any atom is -0.307 e. The van der Waals surface area contributed by atoms with Crippen molar-refractivity contribution in [3.05, 3.63) is 65.9 Å². The molecule has 0 bridgehead atoms. The van der Waals surface area contributed by atoms with E-state index in [1.54, 1.807) is 36.5 Å². The van der Waals surface area contributed by atoms with Crippen LogP contribution in [-0.4, -0.2) is 22.7 Å². The number of benzene rings is 1. The van der Waals surface area contributed by atoms with Crippen molar-refractivity contribution in [2.24, 2.45) is 0 Å². The zero-order valence-electron chi connectivity index (χ0n) is 12.3. The Hall–Kier alpha value is -3.28. The smallest absolute Gasteiger partial charge is 0.258 e. The van der Waals surface area contributed by atoms with Crippen molar-refractivity contribution in [3.8, 4) is 0 Å². The van der Waals surface area contributed by atoms with E-state index >= 15 is 0 Å². The Bertz CT molecular complexity index is 790. The third-order valence-corrected chi connectivity index (χ3v) is 3.35. The second kappa shape index (κ2) is 5.84. The molecule has 0 aliphatic carbocycles. The largest absolute Gasteiger partial charge is 0.307 e. The predicted octanol–water partition coefficient (Wildman–Crippen LogP) is 2.07. The molecule has 2 aromatic rings. The average Bonchev–Trinajstić information content (AvgIpc) is 2.88. The second-order valence-electron chi connectivity index (χ2n) is 5.07. The summed E-state index contributed by atoms with van der Waals surface area (Å²) in [5.74, 6) is -0.643. The van der Waals surface area contributed by atoms with Gasteiger partial charge in [0.2, 0.25) is 0 Å². The Morgan fingerprint density at radius 3 is 2.22 bits per heavy atom. The number of rotatable bonds is 3. The summed E-state index contributed by atoms with van der Waals surface area (Å²) in [5.41, 5.74) is 1.83. The summed E-state index contributed by atoms with van der Waals surface area (Å²) in [6.07, 6.45) is 4.09. The van der Waals surface area contributed by atoms with Gasteiger partial charge in [-0.3, -0.25) is 14.4 Å². The fraction of sp³-hybridized carbons (Fsp3) is 0.0588. The molecule has 6 heteroatoms. The lowest BCUT2D eigenvalue weighted by molar-refractivity contribution is -0.119. The molecule has 1 aromatic carbocycles. The molecule has 0 atom stereocenters. The first-order valence-electron chi connectivity index (χ1n) is 6.95. The third-order valence-electron chi connectivity index (χ3n) is 3.35. The van der Waals surface area contributed by atoms with E-state index in [0.717, 1.165) is 10.5 Å². The molecule has 1 aromatic heterocycles. The van der Waals surface area contributed by atoms with Gasteiger partial charge in [0.1, 0.15) is 5.82 Å². The predicted molar refractivity (Wildman–Crippen MR) is 85.0 cm³/mol. The van der Waals surface area contributed by atoms with Gasteiger partial charge in [0, 0.05) is 23.9 Å². The average molecular weight is 307 g/mol. The summed E-state index contributed by atoms with van der Waals surface area (Å²) in [7, 11) is 0. The molecule has 0 spiro atoms. The number of aryl methyl sites for hydroxylation is 1. The molecule has 0 saturated heterocycles. The first-order chi connectivity index (χ1) is 11.0. The first kappa shape index (κ1) is 14.6. The lowest BCUT2D eigenvalue weighted by Gasteiger charge is -2.14. The van der Waals surface area contributed by atoms with Crippen LogP contribution in [0.1, 0.15) is 15.9 Å². The zero-order valence-corrected chi connectivity index (χ0v) is 12.3. The minimum absolute atomic E-state index is 0.315. The molecule has 2 heterocycles. The number of aromatic nitrogens is 1. The summed E-state index contributed by atoms with van der Waals surface area (Å²) in [6, 6.07) is 9.79.